The summed E-state index contributed by atoms with van der Waals surface area (Å²) in [5, 5.41) is 12.3. The van der Waals surface area contributed by atoms with Crippen molar-refractivity contribution in [1.82, 2.24) is 0 Å². The second kappa shape index (κ2) is 5.25. The number of hydrogen-bond donors (Lipinski definition) is 0. The third kappa shape index (κ3) is 2.43. The standard InChI is InChI=1S/C17H13NO3/c1-12-15(14-9-5-6-10-17(14)21-12)11-16(18(19)20)13-7-3-2-4-8-13/h2-11H,1H3/b16-11+. The van der Waals surface area contributed by atoms with E-state index in [1.54, 1.807) is 30.3 Å². The van der Waals surface area contributed by atoms with Crippen molar-refractivity contribution >= 4 is 22.7 Å². The molecule has 0 unspecified atom stereocenters. The predicted molar refractivity (Wildman–Crippen MR) is 82.3 cm³/mol. The molecule has 0 aliphatic carbocycles. The van der Waals surface area contributed by atoms with Crippen molar-refractivity contribution in [2.75, 3.05) is 0 Å². The summed E-state index contributed by atoms with van der Waals surface area (Å²) in [6, 6.07) is 16.4. The zero-order valence-electron chi connectivity index (χ0n) is 11.4. The molecule has 0 saturated carbocycles. The van der Waals surface area contributed by atoms with Crippen LogP contribution in [0.4, 0.5) is 0 Å². The van der Waals surface area contributed by atoms with Gasteiger partial charge in [0.05, 0.1) is 10.5 Å². The lowest BCUT2D eigenvalue weighted by Crippen LogP contribution is -1.97. The van der Waals surface area contributed by atoms with Crippen molar-refractivity contribution < 1.29 is 9.34 Å². The molecule has 104 valence electrons. The summed E-state index contributed by atoms with van der Waals surface area (Å²) >= 11 is 0. The second-order valence-electron chi connectivity index (χ2n) is 4.72. The van der Waals surface area contributed by atoms with Crippen LogP contribution in [0.1, 0.15) is 16.9 Å². The highest BCUT2D eigenvalue weighted by atomic mass is 16.6. The van der Waals surface area contributed by atoms with Crippen LogP contribution < -0.4 is 0 Å². The third-order valence-corrected chi connectivity index (χ3v) is 3.37. The van der Waals surface area contributed by atoms with E-state index in [1.807, 2.05) is 37.3 Å². The molecule has 21 heavy (non-hydrogen) atoms. The Morgan fingerprint density at radius 2 is 1.76 bits per heavy atom. The molecule has 3 aromatic rings. The largest absolute Gasteiger partial charge is 0.461 e. The Bertz CT molecular complexity index is 832. The maximum absolute atomic E-state index is 11.4. The van der Waals surface area contributed by atoms with Crippen LogP contribution in [0.5, 0.6) is 0 Å². The van der Waals surface area contributed by atoms with Gasteiger partial charge in [-0.1, -0.05) is 36.4 Å². The van der Waals surface area contributed by atoms with Crippen molar-refractivity contribution in [3.8, 4) is 0 Å². The van der Waals surface area contributed by atoms with Crippen molar-refractivity contribution in [1.29, 1.82) is 0 Å². The fourth-order valence-corrected chi connectivity index (χ4v) is 2.35. The van der Waals surface area contributed by atoms with Gasteiger partial charge in [-0.05, 0) is 25.1 Å². The Hall–Kier alpha value is -2.88. The molecule has 1 heterocycles. The van der Waals surface area contributed by atoms with Crippen LogP contribution in [0.25, 0.3) is 22.7 Å². The highest BCUT2D eigenvalue weighted by Gasteiger charge is 2.17. The summed E-state index contributed by atoms with van der Waals surface area (Å²) in [7, 11) is 0. The lowest BCUT2D eigenvalue weighted by Gasteiger charge is -1.99. The smallest absolute Gasteiger partial charge is 0.277 e. The van der Waals surface area contributed by atoms with Gasteiger partial charge >= 0.3 is 0 Å². The van der Waals surface area contributed by atoms with E-state index in [2.05, 4.69) is 0 Å². The molecule has 0 fully saturated rings. The van der Waals surface area contributed by atoms with Crippen LogP contribution in [-0.4, -0.2) is 4.92 Å². The molecular weight excluding hydrogens is 266 g/mol. The minimum absolute atomic E-state index is 0.0604. The van der Waals surface area contributed by atoms with Crippen LogP contribution in [-0.2, 0) is 0 Å². The van der Waals surface area contributed by atoms with Gasteiger partial charge in [0.2, 0.25) is 0 Å². The molecule has 0 N–H and O–H groups in total. The van der Waals surface area contributed by atoms with Crippen molar-refractivity contribution in [2.24, 2.45) is 0 Å². The third-order valence-electron chi connectivity index (χ3n) is 3.37. The van der Waals surface area contributed by atoms with E-state index >= 15 is 0 Å². The summed E-state index contributed by atoms with van der Waals surface area (Å²) in [6.07, 6.45) is 1.58. The average Bonchev–Trinajstić information content (AvgIpc) is 2.81. The number of benzene rings is 2. The van der Waals surface area contributed by atoms with E-state index < -0.39 is 0 Å². The van der Waals surface area contributed by atoms with E-state index in [9.17, 15) is 10.1 Å². The van der Waals surface area contributed by atoms with E-state index in [1.165, 1.54) is 0 Å². The average molecular weight is 279 g/mol. The van der Waals surface area contributed by atoms with Crippen LogP contribution in [0.2, 0.25) is 0 Å². The first-order valence-electron chi connectivity index (χ1n) is 6.56. The van der Waals surface area contributed by atoms with Crippen LogP contribution in [0, 0.1) is 17.0 Å². The van der Waals surface area contributed by atoms with E-state index in [-0.39, 0.29) is 10.6 Å². The summed E-state index contributed by atoms with van der Waals surface area (Å²) < 4.78 is 5.65. The molecule has 0 amide bonds. The molecule has 0 atom stereocenters. The maximum atomic E-state index is 11.4. The first kappa shape index (κ1) is 13.1. The summed E-state index contributed by atoms with van der Waals surface area (Å²) in [5.41, 5.74) is 2.12. The summed E-state index contributed by atoms with van der Waals surface area (Å²) in [5.74, 6) is 0.673. The predicted octanol–water partition coefficient (Wildman–Crippen LogP) is 4.52. The SMILES string of the molecule is Cc1oc2ccccc2c1/C=C(\c1ccccc1)[N+](=O)[O-]. The zero-order chi connectivity index (χ0) is 14.8. The van der Waals surface area contributed by atoms with Gasteiger partial charge < -0.3 is 4.42 Å². The lowest BCUT2D eigenvalue weighted by atomic mass is 10.1. The number of furan rings is 1. The number of rotatable bonds is 3. The monoisotopic (exact) mass is 279 g/mol. The first-order valence-corrected chi connectivity index (χ1v) is 6.56. The van der Waals surface area contributed by atoms with E-state index in [0.717, 1.165) is 16.5 Å². The fourth-order valence-electron chi connectivity index (χ4n) is 2.35. The number of hydrogen-bond acceptors (Lipinski definition) is 3. The maximum Gasteiger partial charge on any atom is 0.277 e. The van der Waals surface area contributed by atoms with Crippen molar-refractivity contribution in [3.63, 3.8) is 0 Å². The molecule has 0 bridgehead atoms. The van der Waals surface area contributed by atoms with Gasteiger partial charge in [0.15, 0.2) is 0 Å². The molecule has 0 spiro atoms. The molecule has 0 aliphatic rings. The zero-order valence-corrected chi connectivity index (χ0v) is 11.4. The van der Waals surface area contributed by atoms with Crippen molar-refractivity contribution in [3.05, 3.63) is 81.6 Å². The summed E-state index contributed by atoms with van der Waals surface area (Å²) in [4.78, 5) is 11.0. The molecule has 2 aromatic carbocycles. The van der Waals surface area contributed by atoms with Gasteiger partial charge in [-0.3, -0.25) is 10.1 Å². The van der Waals surface area contributed by atoms with Gasteiger partial charge in [0.25, 0.3) is 5.70 Å². The molecule has 0 aliphatic heterocycles. The molecule has 4 nitrogen and oxygen atoms in total. The summed E-state index contributed by atoms with van der Waals surface area (Å²) in [6.45, 7) is 1.81. The molecule has 1 aromatic heterocycles. The molecule has 0 saturated heterocycles. The van der Waals surface area contributed by atoms with Crippen molar-refractivity contribution in [2.45, 2.75) is 6.92 Å². The van der Waals surface area contributed by atoms with Gasteiger partial charge in [-0.2, -0.15) is 0 Å². The fraction of sp³-hybridized carbons (Fsp3) is 0.0588. The van der Waals surface area contributed by atoms with Crippen LogP contribution in [0.3, 0.4) is 0 Å². The van der Waals surface area contributed by atoms with E-state index in [0.29, 0.717) is 11.3 Å². The highest BCUT2D eigenvalue weighted by molar-refractivity contribution is 5.92. The Morgan fingerprint density at radius 1 is 1.10 bits per heavy atom. The number of nitrogens with zero attached hydrogens (tertiary/aromatic N) is 1. The Morgan fingerprint density at radius 3 is 2.48 bits per heavy atom. The number of para-hydroxylation sites is 1. The topological polar surface area (TPSA) is 56.3 Å². The van der Waals surface area contributed by atoms with Crippen LogP contribution >= 0.6 is 0 Å². The Kier molecular flexibility index (Phi) is 3.28. The molecular formula is C17H13NO3. The quantitative estimate of drug-likeness (QED) is 0.523. The highest BCUT2D eigenvalue weighted by Crippen LogP contribution is 2.29. The lowest BCUT2D eigenvalue weighted by molar-refractivity contribution is -0.374. The Labute approximate surface area is 121 Å². The van der Waals surface area contributed by atoms with Gasteiger partial charge in [-0.25, -0.2) is 0 Å². The van der Waals surface area contributed by atoms with Crippen LogP contribution in [0.15, 0.2) is 59.0 Å². The molecule has 0 radical (unpaired) electrons. The van der Waals surface area contributed by atoms with Gasteiger partial charge in [0.1, 0.15) is 11.3 Å². The minimum atomic E-state index is -0.365. The van der Waals surface area contributed by atoms with E-state index in [4.69, 9.17) is 4.42 Å². The molecule has 3 rings (SSSR count). The van der Waals surface area contributed by atoms with Gasteiger partial charge in [-0.15, -0.1) is 0 Å². The van der Waals surface area contributed by atoms with Gasteiger partial charge in [0, 0.05) is 17.0 Å². The number of nitro groups is 1. The second-order valence-corrected chi connectivity index (χ2v) is 4.72. The molecule has 4 heteroatoms. The Balaban J connectivity index is 2.21. The normalized spacial score (nSPS) is 11.8. The minimum Gasteiger partial charge on any atom is -0.461 e. The first-order chi connectivity index (χ1) is 10.2. The number of aryl methyl sites for hydroxylation is 1. The number of fused-ring (bicyclic) bond motifs is 1.